The Morgan fingerprint density at radius 2 is 0.896 bits per heavy atom. The van der Waals surface area contributed by atoms with Crippen LogP contribution in [0.3, 0.4) is 0 Å². The van der Waals surface area contributed by atoms with Gasteiger partial charge in [-0.1, -0.05) is 188 Å². The van der Waals surface area contributed by atoms with E-state index >= 15 is 8.78 Å². The molecule has 77 heavy (non-hydrogen) atoms. The van der Waals surface area contributed by atoms with Gasteiger partial charge in [-0.2, -0.15) is 0 Å². The average molecular weight is 1230 g/mol. The quantitative estimate of drug-likeness (QED) is 0.0583. The smallest absolute Gasteiger partial charge is 0.304 e. The van der Waals surface area contributed by atoms with E-state index in [1.165, 1.54) is 0 Å². The van der Waals surface area contributed by atoms with Gasteiger partial charge in [0.15, 0.2) is 0 Å². The van der Waals surface area contributed by atoms with Crippen molar-refractivity contribution in [2.24, 2.45) is 0 Å². The molecule has 3 nitrogen and oxygen atoms in total. The molecule has 0 atom stereocenters. The molecule has 384 valence electrons. The minimum Gasteiger partial charge on any atom is -0.304 e. The second-order valence-electron chi connectivity index (χ2n) is 21.5. The number of aryl methyl sites for hydroxylation is 4. The van der Waals surface area contributed by atoms with Crippen molar-refractivity contribution in [1.82, 2.24) is 15.0 Å². The maximum Gasteiger partial charge on any atom is 3.00 e. The summed E-state index contributed by atoms with van der Waals surface area (Å²) in [6.07, 6.45) is 8.52. The first kappa shape index (κ1) is 54.6. The molecule has 0 saturated heterocycles. The second-order valence-corrected chi connectivity index (χ2v) is 31.5. The number of pyridine rings is 3. The van der Waals surface area contributed by atoms with Gasteiger partial charge in [-0.05, 0) is 104 Å². The van der Waals surface area contributed by atoms with Crippen molar-refractivity contribution < 1.29 is 37.7 Å². The van der Waals surface area contributed by atoms with Crippen LogP contribution in [0.2, 0.25) is 39.3 Å². The van der Waals surface area contributed by atoms with Crippen LogP contribution in [0.1, 0.15) is 22.3 Å². The van der Waals surface area contributed by atoms with Crippen molar-refractivity contribution in [3.63, 3.8) is 0 Å². The Morgan fingerprint density at radius 3 is 1.42 bits per heavy atom. The molecule has 10 aromatic rings. The van der Waals surface area contributed by atoms with E-state index in [1.807, 2.05) is 61.1 Å². The summed E-state index contributed by atoms with van der Waals surface area (Å²) in [5.41, 5.74) is 16.0. The summed E-state index contributed by atoms with van der Waals surface area (Å²) in [7, 11) is -4.02. The molecule has 0 unspecified atom stereocenters. The fourth-order valence-electron chi connectivity index (χ4n) is 10.1. The molecule has 0 aliphatic rings. The van der Waals surface area contributed by atoms with Crippen LogP contribution in [0.25, 0.3) is 78.3 Å². The Balaban J connectivity index is 0.00000722. The number of nitrogens with zero attached hydrogens (tertiary/aromatic N) is 3. The van der Waals surface area contributed by atoms with E-state index in [0.717, 1.165) is 113 Å². The number of aromatic nitrogens is 3. The van der Waals surface area contributed by atoms with Gasteiger partial charge in [0.25, 0.3) is 0 Å². The minimum atomic E-state index is -2.01. The normalized spacial score (nSPS) is 11.6. The van der Waals surface area contributed by atoms with Crippen molar-refractivity contribution in [3.05, 3.63) is 246 Å². The molecule has 10 rings (SSSR count). The van der Waals surface area contributed by atoms with Gasteiger partial charge in [0.05, 0.1) is 16.1 Å². The van der Waals surface area contributed by atoms with Crippen molar-refractivity contribution in [3.8, 4) is 78.3 Å². The summed E-state index contributed by atoms with van der Waals surface area (Å²) in [5, 5.41) is 2.33. The maximum atomic E-state index is 15.1. The molecule has 3 aromatic heterocycles. The predicted molar refractivity (Wildman–Crippen MR) is 308 cm³/mol. The Morgan fingerprint density at radius 1 is 0.403 bits per heavy atom. The molecule has 0 aliphatic carbocycles. The average Bonchev–Trinajstić information content (AvgIpc) is 3.42. The summed E-state index contributed by atoms with van der Waals surface area (Å²) in [6.45, 7) is 13.6. The Labute approximate surface area is 465 Å². The molecule has 0 spiro atoms. The molecule has 0 bridgehead atoms. The second kappa shape index (κ2) is 23.2. The van der Waals surface area contributed by atoms with E-state index in [1.54, 1.807) is 0 Å². The fourth-order valence-corrected chi connectivity index (χ4v) is 13.6. The summed E-state index contributed by atoms with van der Waals surface area (Å²) in [5.74, 6) is -2.74. The molecule has 0 fully saturated rings. The number of benzene rings is 7. The van der Waals surface area contributed by atoms with Gasteiger partial charge >= 0.3 is 20.1 Å². The van der Waals surface area contributed by atoms with Gasteiger partial charge in [-0.3, -0.25) is 17.6 Å². The van der Waals surface area contributed by atoms with Gasteiger partial charge in [-0.15, -0.1) is 60.2 Å². The summed E-state index contributed by atoms with van der Waals surface area (Å²) in [6, 6.07) is 61.6. The Kier molecular flexibility index (Phi) is 16.4. The summed E-state index contributed by atoms with van der Waals surface area (Å²) < 4.78 is 58.1. The molecule has 3 heterocycles. The van der Waals surface area contributed by atoms with Crippen LogP contribution < -0.4 is 10.4 Å². The van der Waals surface area contributed by atoms with Crippen LogP contribution in [-0.2, 0) is 45.8 Å². The molecule has 0 amide bonds. The molecule has 7 aromatic carbocycles. The van der Waals surface area contributed by atoms with Crippen molar-refractivity contribution >= 4 is 26.5 Å². The standard InChI is InChI=1S/C67H56F4N3Si2.Ir/c1-75(2,3)66-39-64(57-31-29-53(68)36-61(57)70)72-41-50(66)23-21-44-33-45(22-24-51-42-73-65(40-67(51)76(4,5)6)58-32-30-54(69)37-62(58)71)35-52(34-44)55-19-13-14-20-56(55)60-43-74-63(49-17-11-8-12-18-49)38-59(60)48-27-25-47(26-28-48)46-15-9-7-10-16-46;/h7-17,19-20,25-30,33-43H,21-24H2,1-6H3;/q-3;+3. The first-order valence-corrected chi connectivity index (χ1v) is 32.6. The van der Waals surface area contributed by atoms with Gasteiger partial charge < -0.3 is 15.0 Å². The Bertz CT molecular complexity index is 3590. The summed E-state index contributed by atoms with van der Waals surface area (Å²) >= 11 is 0. The van der Waals surface area contributed by atoms with Crippen LogP contribution in [0.15, 0.2) is 182 Å². The zero-order valence-electron chi connectivity index (χ0n) is 43.8. The number of halogens is 4. The topological polar surface area (TPSA) is 38.7 Å². The van der Waals surface area contributed by atoms with E-state index in [2.05, 4.69) is 155 Å². The molecule has 0 aliphatic heterocycles. The van der Waals surface area contributed by atoms with Crippen LogP contribution in [0.4, 0.5) is 17.6 Å². The molecular weight excluding hydrogens is 1170 g/mol. The SMILES string of the molecule is C[Si](C)(C)c1cc(-c2[c-]cc(F)cc2F)ncc1CCc1cc(CCc2cnc(-c3[c-]cc(F)cc3F)cc2[Si](C)(C)C)cc(-c2ccccc2-c2cnc(-c3[c-]cccc3)cc2-c2ccc(-c3ccccc3)cc2)c1.[Ir+3]. The van der Waals surface area contributed by atoms with E-state index in [9.17, 15) is 8.78 Å². The Hall–Kier alpha value is -7.21. The summed E-state index contributed by atoms with van der Waals surface area (Å²) in [4.78, 5) is 14.6. The van der Waals surface area contributed by atoms with Gasteiger partial charge in [0, 0.05) is 47.4 Å². The minimum absolute atomic E-state index is 0. The van der Waals surface area contributed by atoms with E-state index in [4.69, 9.17) is 15.0 Å². The maximum absolute atomic E-state index is 15.1. The van der Waals surface area contributed by atoms with Gasteiger partial charge in [0.2, 0.25) is 0 Å². The number of rotatable bonds is 15. The fraction of sp³-hybridized carbons (Fsp3) is 0.149. The first-order chi connectivity index (χ1) is 36.6. The number of hydrogen-bond acceptors (Lipinski definition) is 3. The zero-order chi connectivity index (χ0) is 53.1. The van der Waals surface area contributed by atoms with Gasteiger partial charge in [0.1, 0.15) is 0 Å². The molecular formula is C67H56F4IrN3Si2. The zero-order valence-corrected chi connectivity index (χ0v) is 48.2. The third-order valence-corrected chi connectivity index (χ3v) is 18.1. The molecule has 0 saturated carbocycles. The van der Waals surface area contributed by atoms with Gasteiger partial charge in [-0.25, -0.2) is 0 Å². The van der Waals surface area contributed by atoms with E-state index in [0.29, 0.717) is 37.1 Å². The third-order valence-electron chi connectivity index (χ3n) is 14.0. The van der Waals surface area contributed by atoms with Crippen molar-refractivity contribution in [1.29, 1.82) is 0 Å². The monoisotopic (exact) mass is 1230 g/mol. The van der Waals surface area contributed by atoms with Crippen LogP contribution in [0, 0.1) is 41.5 Å². The molecule has 0 N–H and O–H groups in total. The van der Waals surface area contributed by atoms with Crippen LogP contribution >= 0.6 is 0 Å². The molecule has 0 radical (unpaired) electrons. The van der Waals surface area contributed by atoms with Crippen LogP contribution in [0.5, 0.6) is 0 Å². The molecule has 10 heteroatoms. The van der Waals surface area contributed by atoms with Crippen molar-refractivity contribution in [2.45, 2.75) is 65.0 Å². The van der Waals surface area contributed by atoms with E-state index < -0.39 is 39.4 Å². The largest absolute Gasteiger partial charge is 3.00 e. The first-order valence-electron chi connectivity index (χ1n) is 25.6. The van der Waals surface area contributed by atoms with Crippen LogP contribution in [-0.4, -0.2) is 31.1 Å². The predicted octanol–water partition coefficient (Wildman–Crippen LogP) is 16.2. The van der Waals surface area contributed by atoms with Crippen molar-refractivity contribution in [2.75, 3.05) is 0 Å². The third kappa shape index (κ3) is 12.5. The van der Waals surface area contributed by atoms with E-state index in [-0.39, 0.29) is 31.2 Å². The number of hydrogen-bond donors (Lipinski definition) is 0.